The van der Waals surface area contributed by atoms with Crippen LogP contribution in [0.5, 0.6) is 0 Å². The molecule has 0 fully saturated rings. The highest BCUT2D eigenvalue weighted by Crippen LogP contribution is 2.24. The van der Waals surface area contributed by atoms with Crippen molar-refractivity contribution in [1.29, 1.82) is 0 Å². The lowest BCUT2D eigenvalue weighted by Crippen LogP contribution is -2.40. The Bertz CT molecular complexity index is 562. The van der Waals surface area contributed by atoms with Crippen LogP contribution in [-0.2, 0) is 0 Å². The minimum Gasteiger partial charge on any atom is -0.394 e. The van der Waals surface area contributed by atoms with Crippen LogP contribution < -0.4 is 11.0 Å². The molecule has 0 bridgehead atoms. The summed E-state index contributed by atoms with van der Waals surface area (Å²) >= 11 is 0. The Morgan fingerprint density at radius 1 is 1.47 bits per heavy atom. The normalized spacial score (nSPS) is 16.4. The monoisotopic (exact) mass is 264 g/mol. The van der Waals surface area contributed by atoms with Gasteiger partial charge in [0.1, 0.15) is 12.2 Å². The molecule has 0 aromatic carbocycles. The molecule has 0 saturated heterocycles. The van der Waals surface area contributed by atoms with E-state index >= 15 is 0 Å². The molecule has 0 amide bonds. The summed E-state index contributed by atoms with van der Waals surface area (Å²) in [5, 5.41) is 31.5. The Morgan fingerprint density at radius 3 is 2.84 bits per heavy atom. The number of fused-ring (bicyclic) bond motifs is 1. The summed E-state index contributed by atoms with van der Waals surface area (Å²) in [6, 6.07) is -0.537. The number of hydrogen-bond donors (Lipinski definition) is 5. The number of rotatable bonds is 5. The molecular weight excluding hydrogens is 247 g/mol. The molecule has 0 saturated carbocycles. The van der Waals surface area contributed by atoms with Crippen LogP contribution in [0, 0.1) is 0 Å². The fourth-order valence-electron chi connectivity index (χ4n) is 2.10. The van der Waals surface area contributed by atoms with Gasteiger partial charge in [0.25, 0.3) is 0 Å². The van der Waals surface area contributed by atoms with Gasteiger partial charge in [0.05, 0.1) is 35.6 Å². The summed E-state index contributed by atoms with van der Waals surface area (Å²) < 4.78 is 0. The third-order valence-electron chi connectivity index (χ3n) is 3.13. The topological polar surface area (TPSA) is 114 Å². The smallest absolute Gasteiger partial charge is 0.189 e. The van der Waals surface area contributed by atoms with Gasteiger partial charge in [0, 0.05) is 11.8 Å². The molecule has 102 valence electrons. The number of aromatic amines is 1. The van der Waals surface area contributed by atoms with E-state index in [1.165, 1.54) is 0 Å². The summed E-state index contributed by atoms with van der Waals surface area (Å²) in [6.45, 7) is -0.504. The first kappa shape index (κ1) is 13.9. The van der Waals surface area contributed by atoms with E-state index in [9.17, 15) is 10.2 Å². The average Bonchev–Trinajstić information content (AvgIpc) is 2.82. The summed E-state index contributed by atoms with van der Waals surface area (Å²) in [4.78, 5) is 11.4. The van der Waals surface area contributed by atoms with Crippen molar-refractivity contribution in [2.45, 2.75) is 18.2 Å². The Kier molecular flexibility index (Phi) is 4.15. The van der Waals surface area contributed by atoms with Crippen LogP contribution in [0.2, 0.25) is 0 Å². The number of aromatic nitrogens is 3. The van der Waals surface area contributed by atoms with Crippen LogP contribution in [0.1, 0.15) is 11.6 Å². The van der Waals surface area contributed by atoms with Crippen LogP contribution in [0.3, 0.4) is 0 Å². The largest absolute Gasteiger partial charge is 0.394 e. The van der Waals surface area contributed by atoms with Crippen molar-refractivity contribution >= 4 is 24.6 Å². The van der Waals surface area contributed by atoms with Gasteiger partial charge in [0.2, 0.25) is 0 Å². The highest BCUT2D eigenvalue weighted by molar-refractivity contribution is 6.29. The number of hydrogen-bond acceptors (Lipinski definition) is 6. The Morgan fingerprint density at radius 2 is 2.21 bits per heavy atom. The van der Waals surface area contributed by atoms with Gasteiger partial charge in [-0.1, -0.05) is 0 Å². The van der Waals surface area contributed by atoms with Crippen LogP contribution in [0.4, 0.5) is 0 Å². The van der Waals surface area contributed by atoms with Crippen LogP contribution >= 0.6 is 0 Å². The molecule has 5 N–H and O–H groups in total. The van der Waals surface area contributed by atoms with Gasteiger partial charge in [-0.2, -0.15) is 0 Å². The number of aliphatic hydroxyl groups excluding tert-OH is 3. The Labute approximate surface area is 111 Å². The zero-order chi connectivity index (χ0) is 14.0. The molecule has 2 aromatic heterocycles. The molecule has 0 aliphatic heterocycles. The Balaban J connectivity index is 2.43. The third kappa shape index (κ3) is 2.61. The molecule has 2 aromatic rings. The molecule has 7 nitrogen and oxygen atoms in total. The van der Waals surface area contributed by atoms with E-state index in [4.69, 9.17) is 5.11 Å². The second-order valence-corrected chi connectivity index (χ2v) is 4.43. The minimum absolute atomic E-state index is 0.504. The second-order valence-electron chi connectivity index (χ2n) is 4.43. The highest BCUT2D eigenvalue weighted by Gasteiger charge is 2.28. The zero-order valence-corrected chi connectivity index (χ0v) is 10.8. The predicted octanol–water partition coefficient (Wildman–Crippen LogP) is -2.81. The molecule has 0 radical (unpaired) electrons. The van der Waals surface area contributed by atoms with E-state index in [0.717, 1.165) is 11.1 Å². The molecule has 8 heteroatoms. The van der Waals surface area contributed by atoms with Gasteiger partial charge in [-0.15, -0.1) is 0 Å². The molecule has 3 atom stereocenters. The first-order chi connectivity index (χ1) is 9.08. The van der Waals surface area contributed by atoms with E-state index < -0.39 is 24.9 Å². The fraction of sp³-hybridized carbons (Fsp3) is 0.455. The van der Waals surface area contributed by atoms with Crippen molar-refractivity contribution in [2.24, 2.45) is 0 Å². The van der Waals surface area contributed by atoms with Crippen molar-refractivity contribution < 1.29 is 15.3 Å². The summed E-state index contributed by atoms with van der Waals surface area (Å²) in [7, 11) is 3.45. The molecule has 2 heterocycles. The van der Waals surface area contributed by atoms with Gasteiger partial charge < -0.3 is 25.6 Å². The summed E-state index contributed by atoms with van der Waals surface area (Å²) in [6.07, 6.45) is 1.03. The number of H-pyrrole nitrogens is 1. The van der Waals surface area contributed by atoms with Gasteiger partial charge in [0.15, 0.2) is 7.85 Å². The van der Waals surface area contributed by atoms with Crippen molar-refractivity contribution in [2.75, 3.05) is 13.7 Å². The summed E-state index contributed by atoms with van der Waals surface area (Å²) in [5.74, 6) is 0. The number of aliphatic hydroxyl groups is 3. The van der Waals surface area contributed by atoms with E-state index in [0.29, 0.717) is 11.2 Å². The minimum atomic E-state index is -1.22. The first-order valence-corrected chi connectivity index (χ1v) is 6.03. The molecule has 0 aliphatic rings. The maximum atomic E-state index is 10.0. The van der Waals surface area contributed by atoms with Gasteiger partial charge in [-0.25, -0.2) is 4.98 Å². The zero-order valence-electron chi connectivity index (χ0n) is 10.8. The fourth-order valence-corrected chi connectivity index (χ4v) is 2.10. The maximum Gasteiger partial charge on any atom is 0.189 e. The quantitative estimate of drug-likeness (QED) is 0.372. The lowest BCUT2D eigenvalue weighted by molar-refractivity contribution is -0.0312. The Hall–Kier alpha value is -1.48. The number of nitrogens with one attached hydrogen (secondary N) is 2. The van der Waals surface area contributed by atoms with Crippen LogP contribution in [-0.4, -0.2) is 64.0 Å². The lowest BCUT2D eigenvalue weighted by Gasteiger charge is -2.25. The molecule has 0 aliphatic carbocycles. The molecular formula is C11H17BN4O3. The van der Waals surface area contributed by atoms with Gasteiger partial charge in [-0.3, -0.25) is 4.98 Å². The van der Waals surface area contributed by atoms with E-state index in [1.54, 1.807) is 27.3 Å². The van der Waals surface area contributed by atoms with Crippen LogP contribution in [0.25, 0.3) is 11.0 Å². The first-order valence-electron chi connectivity index (χ1n) is 6.03. The van der Waals surface area contributed by atoms with E-state index in [1.807, 2.05) is 0 Å². The van der Waals surface area contributed by atoms with E-state index in [2.05, 4.69) is 20.3 Å². The van der Waals surface area contributed by atoms with Crippen LogP contribution in [0.15, 0.2) is 12.4 Å². The highest BCUT2D eigenvalue weighted by atomic mass is 16.4. The molecule has 1 unspecified atom stereocenters. The predicted molar refractivity (Wildman–Crippen MR) is 73.0 cm³/mol. The van der Waals surface area contributed by atoms with E-state index in [-0.39, 0.29) is 0 Å². The van der Waals surface area contributed by atoms with Crippen molar-refractivity contribution in [3.05, 3.63) is 18.0 Å². The molecule has 19 heavy (non-hydrogen) atoms. The van der Waals surface area contributed by atoms with Gasteiger partial charge >= 0.3 is 0 Å². The van der Waals surface area contributed by atoms with Gasteiger partial charge in [-0.05, 0) is 7.05 Å². The average molecular weight is 264 g/mol. The summed E-state index contributed by atoms with van der Waals surface area (Å²) in [5.41, 5.74) is 2.80. The second kappa shape index (κ2) is 5.66. The maximum absolute atomic E-state index is 10.0. The lowest BCUT2D eigenvalue weighted by atomic mass is 9.99. The van der Waals surface area contributed by atoms with Crippen molar-refractivity contribution in [1.82, 2.24) is 20.3 Å². The molecule has 2 rings (SSSR count). The number of nitrogens with zero attached hydrogens (tertiary/aromatic N) is 2. The third-order valence-corrected chi connectivity index (χ3v) is 3.13. The SMILES string of the molecule is Bc1ncc2[nH]cc([C@H](NC)C(O)[C@@H](O)CO)c2n1. The standard InChI is InChI=1S/C11H17BN4O3/c1-13-9(10(19)7(18)4-17)5-2-14-6-3-15-11(12)16-8(5)6/h2-3,7,9-10,13-14,17-19H,4,12H2,1H3/t7-,9-,10?/m0/s1. The molecule has 0 spiro atoms. The van der Waals surface area contributed by atoms with Crippen molar-refractivity contribution in [3.63, 3.8) is 0 Å². The van der Waals surface area contributed by atoms with Crippen molar-refractivity contribution in [3.8, 4) is 0 Å². The number of likely N-dealkylation sites (N-methyl/N-ethyl adjacent to an activating group) is 1.